The van der Waals surface area contributed by atoms with Gasteiger partial charge in [-0.15, -0.1) is 0 Å². The molecule has 1 amide bonds. The van der Waals surface area contributed by atoms with E-state index in [-0.39, 0.29) is 10.6 Å². The van der Waals surface area contributed by atoms with Crippen LogP contribution in [0.1, 0.15) is 10.5 Å². The van der Waals surface area contributed by atoms with Gasteiger partial charge in [-0.25, -0.2) is 8.42 Å². The highest BCUT2D eigenvalue weighted by molar-refractivity contribution is 7.89. The van der Waals surface area contributed by atoms with Crippen LogP contribution in [0.5, 0.6) is 0 Å². The first-order chi connectivity index (χ1) is 9.39. The summed E-state index contributed by atoms with van der Waals surface area (Å²) < 4.78 is 28.2. The minimum Gasteiger partial charge on any atom is -0.364 e. The smallest absolute Gasteiger partial charge is 0.265 e. The van der Waals surface area contributed by atoms with Gasteiger partial charge in [0.05, 0.1) is 0 Å². The van der Waals surface area contributed by atoms with Crippen LogP contribution >= 0.6 is 0 Å². The van der Waals surface area contributed by atoms with Crippen molar-refractivity contribution in [2.45, 2.75) is 4.90 Å². The van der Waals surface area contributed by atoms with Crippen LogP contribution in [-0.4, -0.2) is 49.4 Å². The molecule has 0 radical (unpaired) electrons. The molecule has 0 spiro atoms. The lowest BCUT2D eigenvalue weighted by molar-refractivity contribution is 0.0992. The summed E-state index contributed by atoms with van der Waals surface area (Å²) in [5.41, 5.74) is 5.42. The molecule has 2 aliphatic heterocycles. The summed E-state index contributed by atoms with van der Waals surface area (Å²) in [7, 11) is -1.93. The number of amides is 1. The minimum atomic E-state index is -3.54. The zero-order valence-electron chi connectivity index (χ0n) is 11.2. The van der Waals surface area contributed by atoms with E-state index in [4.69, 9.17) is 5.73 Å². The van der Waals surface area contributed by atoms with Crippen molar-refractivity contribution in [1.29, 1.82) is 0 Å². The van der Waals surface area contributed by atoms with Crippen LogP contribution < -0.4 is 11.1 Å². The van der Waals surface area contributed by atoms with Gasteiger partial charge in [-0.05, 0) is 31.0 Å². The van der Waals surface area contributed by atoms with Gasteiger partial charge in [-0.1, -0.05) is 0 Å². The molecule has 20 heavy (non-hydrogen) atoms. The summed E-state index contributed by atoms with van der Waals surface area (Å²) in [6.45, 7) is 2.83. The highest BCUT2D eigenvalue weighted by Gasteiger charge is 2.41. The van der Waals surface area contributed by atoms with E-state index in [0.29, 0.717) is 24.9 Å². The number of carbonyl (C=O) groups is 1. The normalized spacial score (nSPS) is 26.9. The van der Waals surface area contributed by atoms with E-state index < -0.39 is 15.9 Å². The molecule has 1 aromatic rings. The second kappa shape index (κ2) is 4.57. The molecule has 3 heterocycles. The number of rotatable bonds is 3. The monoisotopic (exact) mass is 298 g/mol. The first kappa shape index (κ1) is 13.6. The van der Waals surface area contributed by atoms with Crippen molar-refractivity contribution >= 4 is 15.9 Å². The molecule has 1 aromatic heterocycles. The Bertz CT molecular complexity index is 640. The fraction of sp³-hybridized carbons (Fsp3) is 0.583. The van der Waals surface area contributed by atoms with E-state index in [0.717, 1.165) is 13.1 Å². The Kier molecular flexibility index (Phi) is 3.11. The second-order valence-electron chi connectivity index (χ2n) is 5.54. The van der Waals surface area contributed by atoms with Crippen LogP contribution in [0.3, 0.4) is 0 Å². The van der Waals surface area contributed by atoms with Crippen LogP contribution in [0.25, 0.3) is 0 Å². The maximum Gasteiger partial charge on any atom is 0.265 e. The molecule has 3 N–H and O–H groups in total. The average molecular weight is 298 g/mol. The van der Waals surface area contributed by atoms with Gasteiger partial charge in [0, 0.05) is 26.3 Å². The third-order valence-corrected chi connectivity index (χ3v) is 6.02. The Balaban J connectivity index is 1.89. The molecule has 0 aliphatic carbocycles. The lowest BCUT2D eigenvalue weighted by Crippen LogP contribution is -2.31. The fourth-order valence-corrected chi connectivity index (χ4v) is 4.70. The molecule has 2 aliphatic rings. The number of aromatic nitrogens is 1. The molecule has 0 unspecified atom stereocenters. The molecular formula is C12H18N4O3S. The van der Waals surface area contributed by atoms with Crippen LogP contribution in [0.15, 0.2) is 17.2 Å². The van der Waals surface area contributed by atoms with Gasteiger partial charge in [0.1, 0.15) is 10.6 Å². The molecule has 2 saturated heterocycles. The van der Waals surface area contributed by atoms with Crippen molar-refractivity contribution < 1.29 is 13.2 Å². The zero-order chi connectivity index (χ0) is 14.5. The van der Waals surface area contributed by atoms with Crippen molar-refractivity contribution in [1.82, 2.24) is 14.2 Å². The average Bonchev–Trinajstić information content (AvgIpc) is 3.00. The van der Waals surface area contributed by atoms with E-state index in [1.165, 1.54) is 21.1 Å². The zero-order valence-corrected chi connectivity index (χ0v) is 12.1. The van der Waals surface area contributed by atoms with Gasteiger partial charge in [-0.3, -0.25) is 4.79 Å². The summed E-state index contributed by atoms with van der Waals surface area (Å²) in [4.78, 5) is 11.4. The largest absolute Gasteiger partial charge is 0.364 e. The van der Waals surface area contributed by atoms with E-state index >= 15 is 0 Å². The number of fused-ring (bicyclic) bond motifs is 1. The number of carbonyl (C=O) groups excluding carboxylic acids is 1. The second-order valence-corrected chi connectivity index (χ2v) is 7.47. The summed E-state index contributed by atoms with van der Waals surface area (Å²) in [6.07, 6.45) is 1.45. The Morgan fingerprint density at radius 2 is 1.95 bits per heavy atom. The summed E-state index contributed by atoms with van der Waals surface area (Å²) in [6, 6.07) is 1.35. The predicted molar refractivity (Wildman–Crippen MR) is 72.5 cm³/mol. The summed E-state index contributed by atoms with van der Waals surface area (Å²) in [5.74, 6) is 0.157. The Labute approximate surface area is 117 Å². The highest BCUT2D eigenvalue weighted by Crippen LogP contribution is 2.31. The molecule has 0 saturated carbocycles. The predicted octanol–water partition coefficient (Wildman–Crippen LogP) is -1.04. The molecule has 0 bridgehead atoms. The van der Waals surface area contributed by atoms with Crippen LogP contribution in [0, 0.1) is 11.8 Å². The Hall–Kier alpha value is -1.38. The Morgan fingerprint density at radius 1 is 1.35 bits per heavy atom. The maximum absolute atomic E-state index is 12.6. The number of hydrogen-bond acceptors (Lipinski definition) is 4. The van der Waals surface area contributed by atoms with E-state index in [2.05, 4.69) is 5.32 Å². The van der Waals surface area contributed by atoms with Crippen molar-refractivity contribution in [3.63, 3.8) is 0 Å². The number of nitrogens with one attached hydrogen (secondary N) is 1. The molecular weight excluding hydrogens is 280 g/mol. The van der Waals surface area contributed by atoms with Gasteiger partial charge in [0.25, 0.3) is 5.91 Å². The van der Waals surface area contributed by atoms with E-state index in [9.17, 15) is 13.2 Å². The summed E-state index contributed by atoms with van der Waals surface area (Å²) >= 11 is 0. The van der Waals surface area contributed by atoms with Gasteiger partial charge < -0.3 is 15.6 Å². The lowest BCUT2D eigenvalue weighted by Gasteiger charge is -2.16. The molecule has 3 rings (SSSR count). The fourth-order valence-electron chi connectivity index (χ4n) is 3.08. The summed E-state index contributed by atoms with van der Waals surface area (Å²) in [5, 5.41) is 3.28. The highest BCUT2D eigenvalue weighted by atomic mass is 32.2. The third kappa shape index (κ3) is 2.04. The molecule has 8 heteroatoms. The van der Waals surface area contributed by atoms with Crippen LogP contribution in [-0.2, 0) is 17.1 Å². The first-order valence-electron chi connectivity index (χ1n) is 6.56. The third-order valence-electron chi connectivity index (χ3n) is 4.23. The van der Waals surface area contributed by atoms with E-state index in [1.807, 2.05) is 0 Å². The van der Waals surface area contributed by atoms with Gasteiger partial charge in [0.15, 0.2) is 0 Å². The topological polar surface area (TPSA) is 97.4 Å². The number of hydrogen-bond donors (Lipinski definition) is 2. The molecule has 110 valence electrons. The molecule has 2 fully saturated rings. The van der Waals surface area contributed by atoms with E-state index in [1.54, 1.807) is 7.05 Å². The molecule has 7 nitrogen and oxygen atoms in total. The number of aryl methyl sites for hydroxylation is 1. The molecule has 0 aromatic carbocycles. The van der Waals surface area contributed by atoms with Crippen molar-refractivity contribution in [2.75, 3.05) is 26.2 Å². The van der Waals surface area contributed by atoms with Gasteiger partial charge in [-0.2, -0.15) is 4.31 Å². The quantitative estimate of drug-likeness (QED) is 0.745. The van der Waals surface area contributed by atoms with Gasteiger partial charge >= 0.3 is 0 Å². The minimum absolute atomic E-state index is 0.140. The maximum atomic E-state index is 12.6. The standard InChI is InChI=1S/C12H18N4O3S/c1-15-7-10(2-11(15)12(13)17)20(18,19)16-5-8-3-14-4-9(8)6-16/h2,7-9,14H,3-6H2,1H3,(H2,13,17)/t8-,9+. The molecule has 2 atom stereocenters. The first-order valence-corrected chi connectivity index (χ1v) is 8.00. The van der Waals surface area contributed by atoms with Gasteiger partial charge in [0.2, 0.25) is 10.0 Å². The van der Waals surface area contributed by atoms with Crippen LogP contribution in [0.4, 0.5) is 0 Å². The number of primary amides is 1. The lowest BCUT2D eigenvalue weighted by atomic mass is 10.0. The number of nitrogens with two attached hydrogens (primary N) is 1. The van der Waals surface area contributed by atoms with Crippen LogP contribution in [0.2, 0.25) is 0 Å². The van der Waals surface area contributed by atoms with Crippen molar-refractivity contribution in [3.05, 3.63) is 18.0 Å². The van der Waals surface area contributed by atoms with Crippen molar-refractivity contribution in [2.24, 2.45) is 24.6 Å². The number of nitrogens with zero attached hydrogens (tertiary/aromatic N) is 2. The SMILES string of the molecule is Cn1cc(S(=O)(=O)N2C[C@H]3CNC[C@H]3C2)cc1C(N)=O. The van der Waals surface area contributed by atoms with Crippen molar-refractivity contribution in [3.8, 4) is 0 Å². The Morgan fingerprint density at radius 3 is 2.45 bits per heavy atom. The number of sulfonamides is 1.